The van der Waals surface area contributed by atoms with Gasteiger partial charge in [0.05, 0.1) is 9.91 Å². The van der Waals surface area contributed by atoms with E-state index in [2.05, 4.69) is 20.0 Å². The summed E-state index contributed by atoms with van der Waals surface area (Å²) in [6, 6.07) is 5.62. The summed E-state index contributed by atoms with van der Waals surface area (Å²) in [5.41, 5.74) is 0.462. The molecule has 0 saturated heterocycles. The van der Waals surface area contributed by atoms with Gasteiger partial charge >= 0.3 is 0 Å². The smallest absolute Gasteiger partial charge is 0.269 e. The first-order chi connectivity index (χ1) is 10.7. The molecule has 10 heteroatoms. The molecule has 22 heavy (non-hydrogen) atoms. The topological polar surface area (TPSA) is 77.0 Å². The van der Waals surface area contributed by atoms with E-state index in [1.807, 2.05) is 17.5 Å². The first kappa shape index (κ1) is 14.3. The Hall–Kier alpha value is -1.32. The zero-order valence-corrected chi connectivity index (χ0v) is 13.8. The predicted molar refractivity (Wildman–Crippen MR) is 85.3 cm³/mol. The number of nitrogens with zero attached hydrogens (tertiary/aromatic N) is 3. The van der Waals surface area contributed by atoms with E-state index in [0.29, 0.717) is 16.5 Å². The van der Waals surface area contributed by atoms with Crippen LogP contribution in [0.5, 0.6) is 0 Å². The minimum absolute atomic E-state index is 0.149. The summed E-state index contributed by atoms with van der Waals surface area (Å²) >= 11 is 15.2. The second-order valence-electron chi connectivity index (χ2n) is 4.32. The summed E-state index contributed by atoms with van der Waals surface area (Å²) in [5, 5.41) is 11.8. The molecule has 0 radical (unpaired) electrons. The highest BCUT2D eigenvalue weighted by atomic mass is 35.5. The van der Waals surface area contributed by atoms with Gasteiger partial charge in [-0.25, -0.2) is 4.72 Å². The van der Waals surface area contributed by atoms with Gasteiger partial charge in [0.15, 0.2) is 11.5 Å². The maximum atomic E-state index is 6.36. The van der Waals surface area contributed by atoms with Crippen molar-refractivity contribution < 1.29 is 9.05 Å². The average molecular weight is 373 g/mol. The van der Waals surface area contributed by atoms with Gasteiger partial charge in [0.2, 0.25) is 10.8 Å². The van der Waals surface area contributed by atoms with Crippen molar-refractivity contribution >= 4 is 46.5 Å². The quantitative estimate of drug-likeness (QED) is 0.419. The van der Waals surface area contributed by atoms with Crippen LogP contribution < -0.4 is 4.72 Å². The van der Waals surface area contributed by atoms with Gasteiger partial charge in [-0.3, -0.25) is 0 Å². The number of thiophene rings is 1. The highest BCUT2D eigenvalue weighted by Crippen LogP contribution is 2.43. The van der Waals surface area contributed by atoms with E-state index in [4.69, 9.17) is 32.2 Å². The van der Waals surface area contributed by atoms with Crippen molar-refractivity contribution in [3.63, 3.8) is 0 Å². The molecule has 0 aromatic carbocycles. The number of halogens is 2. The molecule has 1 aliphatic rings. The van der Waals surface area contributed by atoms with Crippen LogP contribution >= 0.6 is 46.5 Å². The van der Waals surface area contributed by atoms with Gasteiger partial charge in [-0.05, 0) is 23.4 Å². The first-order valence-corrected chi connectivity index (χ1v) is 8.51. The van der Waals surface area contributed by atoms with Gasteiger partial charge in [-0.2, -0.15) is 4.98 Å². The number of hydrogen-bond acceptors (Lipinski definition) is 8. The summed E-state index contributed by atoms with van der Waals surface area (Å²) in [6.07, 6.45) is 0. The van der Waals surface area contributed by atoms with Gasteiger partial charge in [0.25, 0.3) is 5.89 Å². The number of aromatic nitrogens is 3. The normalized spacial score (nSPS) is 21.3. The summed E-state index contributed by atoms with van der Waals surface area (Å²) < 4.78 is 13.4. The molecule has 112 valence electrons. The van der Waals surface area contributed by atoms with E-state index >= 15 is 0 Å². The Labute approximate surface area is 142 Å². The van der Waals surface area contributed by atoms with Gasteiger partial charge in [0.1, 0.15) is 0 Å². The number of alkyl halides is 1. The van der Waals surface area contributed by atoms with Crippen LogP contribution in [0.15, 0.2) is 43.1 Å². The van der Waals surface area contributed by atoms with Crippen LogP contribution in [0.2, 0.25) is 0 Å². The predicted octanol–water partition coefficient (Wildman–Crippen LogP) is 4.18. The second-order valence-corrected chi connectivity index (χ2v) is 6.92. The average Bonchev–Trinajstić information content (AvgIpc) is 3.27. The minimum Gasteiger partial charge on any atom is -0.355 e. The lowest BCUT2D eigenvalue weighted by Crippen LogP contribution is -2.29. The maximum absolute atomic E-state index is 6.36. The van der Waals surface area contributed by atoms with Crippen LogP contribution in [0.4, 0.5) is 0 Å². The van der Waals surface area contributed by atoms with E-state index < -0.39 is 5.00 Å². The molecule has 3 aromatic heterocycles. The van der Waals surface area contributed by atoms with Gasteiger partial charge in [0, 0.05) is 11.5 Å². The zero-order chi connectivity index (χ0) is 15.2. The molecule has 6 nitrogen and oxygen atoms in total. The lowest BCUT2D eigenvalue weighted by molar-refractivity contribution is 0.351. The molecule has 0 fully saturated rings. The fourth-order valence-electron chi connectivity index (χ4n) is 1.82. The highest BCUT2D eigenvalue weighted by Gasteiger charge is 2.43. The van der Waals surface area contributed by atoms with Crippen LogP contribution in [0.1, 0.15) is 5.89 Å². The van der Waals surface area contributed by atoms with Crippen molar-refractivity contribution in [1.29, 1.82) is 0 Å². The molecular weight excluding hydrogens is 367 g/mol. The molecule has 0 spiro atoms. The fraction of sp³-hybridized carbons (Fsp3) is 0.0833. The molecule has 3 aromatic rings. The number of nitrogens with one attached hydrogen (secondary N) is 1. The third-order valence-electron chi connectivity index (χ3n) is 2.92. The molecule has 4 rings (SSSR count). The van der Waals surface area contributed by atoms with E-state index in [1.165, 1.54) is 11.9 Å². The van der Waals surface area contributed by atoms with E-state index in [0.717, 1.165) is 4.88 Å². The first-order valence-electron chi connectivity index (χ1n) is 6.00. The third-order valence-corrected chi connectivity index (χ3v) is 5.77. The van der Waals surface area contributed by atoms with Crippen LogP contribution in [0, 0.1) is 0 Å². The lowest BCUT2D eigenvalue weighted by atomic mass is 10.3. The van der Waals surface area contributed by atoms with Gasteiger partial charge in [-0.15, -0.1) is 11.3 Å². The van der Waals surface area contributed by atoms with E-state index in [-0.39, 0.29) is 11.7 Å². The molecule has 0 saturated carbocycles. The molecule has 0 amide bonds. The zero-order valence-electron chi connectivity index (χ0n) is 10.6. The van der Waals surface area contributed by atoms with Gasteiger partial charge < -0.3 is 9.05 Å². The SMILES string of the molecule is ClC1=CSNC1(Cl)c1nc(-c2cc(-c3cccs3)on2)no1. The van der Waals surface area contributed by atoms with Crippen LogP contribution in [0.3, 0.4) is 0 Å². The summed E-state index contributed by atoms with van der Waals surface area (Å²) in [5.74, 6) is 1.07. The summed E-state index contributed by atoms with van der Waals surface area (Å²) in [7, 11) is 0. The number of hydrogen-bond donors (Lipinski definition) is 1. The van der Waals surface area contributed by atoms with Crippen molar-refractivity contribution in [2.24, 2.45) is 0 Å². The molecule has 4 heterocycles. The Morgan fingerprint density at radius 2 is 2.18 bits per heavy atom. The van der Waals surface area contributed by atoms with Crippen molar-refractivity contribution in [1.82, 2.24) is 20.0 Å². The Morgan fingerprint density at radius 3 is 2.91 bits per heavy atom. The molecular formula is C12H6Cl2N4O2S2. The van der Waals surface area contributed by atoms with Crippen LogP contribution in [0.25, 0.3) is 22.2 Å². The summed E-state index contributed by atoms with van der Waals surface area (Å²) in [6.45, 7) is 0. The van der Waals surface area contributed by atoms with Crippen molar-refractivity contribution in [2.75, 3.05) is 0 Å². The lowest BCUT2D eigenvalue weighted by Gasteiger charge is -2.15. The van der Waals surface area contributed by atoms with Crippen molar-refractivity contribution in [2.45, 2.75) is 5.00 Å². The van der Waals surface area contributed by atoms with Crippen LogP contribution in [-0.4, -0.2) is 15.3 Å². The van der Waals surface area contributed by atoms with Crippen molar-refractivity contribution in [3.05, 3.63) is 39.9 Å². The Bertz CT molecular complexity index is 845. The third kappa shape index (κ3) is 2.27. The molecule has 1 atom stereocenters. The molecule has 1 aliphatic heterocycles. The minimum atomic E-state index is -1.21. The van der Waals surface area contributed by atoms with E-state index in [1.54, 1.807) is 22.8 Å². The molecule has 1 N–H and O–H groups in total. The number of rotatable bonds is 3. The van der Waals surface area contributed by atoms with E-state index in [9.17, 15) is 0 Å². The maximum Gasteiger partial charge on any atom is 0.269 e. The Morgan fingerprint density at radius 1 is 1.27 bits per heavy atom. The molecule has 0 bridgehead atoms. The van der Waals surface area contributed by atoms with Crippen molar-refractivity contribution in [3.8, 4) is 22.2 Å². The summed E-state index contributed by atoms with van der Waals surface area (Å²) in [4.78, 5) is 4.01. The Balaban J connectivity index is 1.66. The fourth-order valence-corrected chi connectivity index (χ4v) is 3.84. The van der Waals surface area contributed by atoms with Crippen LogP contribution in [-0.2, 0) is 5.00 Å². The standard InChI is InChI=1S/C12H6Cl2N4O2S2/c13-9-5-22-18-12(9,14)11-15-10(17-20-11)6-4-7(19-16-6)8-2-1-3-21-8/h1-5,18H. The largest absolute Gasteiger partial charge is 0.355 e. The molecule has 1 unspecified atom stereocenters. The Kier molecular flexibility index (Phi) is 3.50. The molecule has 0 aliphatic carbocycles. The van der Waals surface area contributed by atoms with Gasteiger partial charge in [-0.1, -0.05) is 39.6 Å². The highest BCUT2D eigenvalue weighted by molar-refractivity contribution is 8.00. The second kappa shape index (κ2) is 5.39. The monoisotopic (exact) mass is 372 g/mol.